The minimum Gasteiger partial charge on any atom is -0.466 e. The molecule has 0 fully saturated rings. The molecule has 0 heterocycles. The van der Waals surface area contributed by atoms with E-state index in [4.69, 9.17) is 9.16 Å². The second-order valence-corrected chi connectivity index (χ2v) is 17.1. The third-order valence-corrected chi connectivity index (χ3v) is 12.7. The largest absolute Gasteiger partial charge is 0.466 e. The van der Waals surface area contributed by atoms with E-state index in [1.165, 1.54) is 5.56 Å². The Morgan fingerprint density at radius 3 is 2.47 bits per heavy atom. The topological polar surface area (TPSA) is 55.8 Å². The molecule has 0 saturated heterocycles. The van der Waals surface area contributed by atoms with Crippen LogP contribution >= 0.6 is 0 Å². The highest BCUT2D eigenvalue weighted by Gasteiger charge is 2.41. The van der Waals surface area contributed by atoms with Crippen LogP contribution < -0.4 is 0 Å². The SMILES string of the molecule is CCOC(=O)CC1(O)CC(C=CC(CCCCc2ccccc2)O[Si](C)(C)C(C)(C)C)Cc2ccccc21. The van der Waals surface area contributed by atoms with Gasteiger partial charge in [0.25, 0.3) is 0 Å². The lowest BCUT2D eigenvalue weighted by atomic mass is 9.72. The number of aryl methyl sites for hydroxylation is 1. The van der Waals surface area contributed by atoms with Crippen LogP contribution in [-0.4, -0.2) is 32.1 Å². The maximum atomic E-state index is 12.4. The average molecular weight is 537 g/mol. The highest BCUT2D eigenvalue weighted by atomic mass is 28.4. The molecule has 2 aromatic rings. The number of rotatable bonds is 12. The van der Waals surface area contributed by atoms with Crippen molar-refractivity contribution in [1.29, 1.82) is 0 Å². The first kappa shape index (κ1) is 30.3. The fourth-order valence-corrected chi connectivity index (χ4v) is 6.46. The van der Waals surface area contributed by atoms with Gasteiger partial charge in [-0.2, -0.15) is 0 Å². The van der Waals surface area contributed by atoms with Crippen molar-refractivity contribution in [3.63, 3.8) is 0 Å². The molecule has 38 heavy (non-hydrogen) atoms. The summed E-state index contributed by atoms with van der Waals surface area (Å²) in [5, 5.41) is 11.8. The number of carbonyl (C=O) groups excluding carboxylic acids is 1. The van der Waals surface area contributed by atoms with E-state index < -0.39 is 13.9 Å². The zero-order chi connectivity index (χ0) is 27.8. The van der Waals surface area contributed by atoms with Crippen molar-refractivity contribution >= 4 is 14.3 Å². The number of ether oxygens (including phenoxy) is 1. The van der Waals surface area contributed by atoms with Crippen molar-refractivity contribution in [1.82, 2.24) is 0 Å². The number of esters is 1. The molecule has 0 aromatic heterocycles. The third kappa shape index (κ3) is 8.39. The van der Waals surface area contributed by atoms with E-state index >= 15 is 0 Å². The van der Waals surface area contributed by atoms with E-state index in [0.29, 0.717) is 13.0 Å². The lowest BCUT2D eigenvalue weighted by molar-refractivity contribution is -0.150. The van der Waals surface area contributed by atoms with Crippen LogP contribution in [0.3, 0.4) is 0 Å². The Morgan fingerprint density at radius 1 is 1.11 bits per heavy atom. The molecule has 208 valence electrons. The zero-order valence-corrected chi connectivity index (χ0v) is 25.3. The Kier molecular flexibility index (Phi) is 10.6. The monoisotopic (exact) mass is 536 g/mol. The molecule has 3 rings (SSSR count). The summed E-state index contributed by atoms with van der Waals surface area (Å²) in [6, 6.07) is 18.6. The number of carbonyl (C=O) groups is 1. The van der Waals surface area contributed by atoms with Crippen molar-refractivity contribution < 1.29 is 19.1 Å². The van der Waals surface area contributed by atoms with E-state index in [1.54, 1.807) is 6.92 Å². The van der Waals surface area contributed by atoms with E-state index in [1.807, 2.05) is 18.2 Å². The van der Waals surface area contributed by atoms with E-state index in [2.05, 4.69) is 82.4 Å². The maximum absolute atomic E-state index is 12.4. The molecule has 1 aliphatic carbocycles. The average Bonchev–Trinajstić information content (AvgIpc) is 2.85. The first-order valence-electron chi connectivity index (χ1n) is 14.3. The van der Waals surface area contributed by atoms with E-state index in [-0.39, 0.29) is 29.5 Å². The molecule has 0 bridgehead atoms. The Balaban J connectivity index is 1.74. The van der Waals surface area contributed by atoms with Crippen molar-refractivity contribution in [3.05, 3.63) is 83.4 Å². The van der Waals surface area contributed by atoms with Crippen molar-refractivity contribution in [3.8, 4) is 0 Å². The maximum Gasteiger partial charge on any atom is 0.309 e. The van der Waals surface area contributed by atoms with Crippen molar-refractivity contribution in [2.24, 2.45) is 5.92 Å². The summed E-state index contributed by atoms with van der Waals surface area (Å²) >= 11 is 0. The van der Waals surface area contributed by atoms with Gasteiger partial charge in [0.1, 0.15) is 5.60 Å². The Bertz CT molecular complexity index is 1060. The standard InChI is InChI=1S/C33H48O4Si/c1-7-36-31(34)25-33(35)24-27(23-28-18-12-14-20-30(28)33)21-22-29(37-38(5,6)32(2,3)4)19-13-11-17-26-15-9-8-10-16-26/h8-10,12,14-16,18,20-22,27,29,35H,7,11,13,17,19,23-25H2,1-6H3. The summed E-state index contributed by atoms with van der Waals surface area (Å²) in [5.41, 5.74) is 2.12. The van der Waals surface area contributed by atoms with Crippen molar-refractivity contribution in [2.45, 2.75) is 102 Å². The summed E-state index contributed by atoms with van der Waals surface area (Å²) < 4.78 is 12.1. The summed E-state index contributed by atoms with van der Waals surface area (Å²) in [6.07, 6.45) is 10.1. The third-order valence-electron chi connectivity index (χ3n) is 8.24. The fourth-order valence-electron chi connectivity index (χ4n) is 5.15. The lowest BCUT2D eigenvalue weighted by Crippen LogP contribution is -2.43. The smallest absolute Gasteiger partial charge is 0.309 e. The van der Waals surface area contributed by atoms with Gasteiger partial charge in [-0.15, -0.1) is 0 Å². The van der Waals surface area contributed by atoms with Gasteiger partial charge in [-0.1, -0.05) is 93.9 Å². The molecule has 5 heteroatoms. The number of aliphatic hydroxyl groups is 1. The molecular formula is C33H48O4Si. The number of unbranched alkanes of at least 4 members (excludes halogenated alkanes) is 1. The van der Waals surface area contributed by atoms with Gasteiger partial charge in [0.05, 0.1) is 19.1 Å². The molecule has 3 atom stereocenters. The second kappa shape index (κ2) is 13.2. The number of benzene rings is 2. The molecule has 1 aliphatic rings. The summed E-state index contributed by atoms with van der Waals surface area (Å²) in [4.78, 5) is 12.4. The van der Waals surface area contributed by atoms with Crippen LogP contribution in [0.5, 0.6) is 0 Å². The summed E-state index contributed by atoms with van der Waals surface area (Å²) in [5.74, 6) is -0.230. The van der Waals surface area contributed by atoms with Crippen LogP contribution in [0.2, 0.25) is 18.1 Å². The van der Waals surface area contributed by atoms with Crippen molar-refractivity contribution in [2.75, 3.05) is 6.61 Å². The molecular weight excluding hydrogens is 488 g/mol. The Hall–Kier alpha value is -2.21. The molecule has 4 nitrogen and oxygen atoms in total. The van der Waals surface area contributed by atoms with Gasteiger partial charge in [0.2, 0.25) is 0 Å². The summed E-state index contributed by atoms with van der Waals surface area (Å²) in [6.45, 7) is 13.6. The van der Waals surface area contributed by atoms with Crippen LogP contribution in [0.1, 0.15) is 76.5 Å². The number of hydrogen-bond donors (Lipinski definition) is 1. The van der Waals surface area contributed by atoms with Crippen LogP contribution in [0.15, 0.2) is 66.7 Å². The molecule has 3 unspecified atom stereocenters. The van der Waals surface area contributed by atoms with Gasteiger partial charge in [-0.25, -0.2) is 0 Å². The number of fused-ring (bicyclic) bond motifs is 1. The number of allylic oxidation sites excluding steroid dienone is 1. The first-order valence-corrected chi connectivity index (χ1v) is 17.2. The summed E-state index contributed by atoms with van der Waals surface area (Å²) in [7, 11) is -1.96. The highest BCUT2D eigenvalue weighted by Crippen LogP contribution is 2.42. The van der Waals surface area contributed by atoms with Gasteiger partial charge in [0.15, 0.2) is 8.32 Å². The lowest BCUT2D eigenvalue weighted by Gasteiger charge is -2.39. The van der Waals surface area contributed by atoms with E-state index in [9.17, 15) is 9.90 Å². The fraction of sp³-hybridized carbons (Fsp3) is 0.545. The molecule has 1 N–H and O–H groups in total. The molecule has 0 spiro atoms. The second-order valence-electron chi connectivity index (χ2n) is 12.4. The van der Waals surface area contributed by atoms with Crippen LogP contribution in [-0.2, 0) is 32.4 Å². The molecule has 0 amide bonds. The molecule has 0 radical (unpaired) electrons. The quantitative estimate of drug-likeness (QED) is 0.130. The minimum atomic E-state index is -1.96. The Labute approximate surface area is 231 Å². The van der Waals surface area contributed by atoms with Crippen LogP contribution in [0.25, 0.3) is 0 Å². The first-order chi connectivity index (χ1) is 17.9. The molecule has 2 aromatic carbocycles. The van der Waals surface area contributed by atoms with Gasteiger partial charge < -0.3 is 14.3 Å². The normalized spacial score (nSPS) is 20.8. The molecule has 0 saturated carbocycles. The number of hydrogen-bond acceptors (Lipinski definition) is 4. The predicted molar refractivity (Wildman–Crippen MR) is 159 cm³/mol. The van der Waals surface area contributed by atoms with Gasteiger partial charge in [-0.05, 0) is 79.8 Å². The van der Waals surface area contributed by atoms with Crippen LogP contribution in [0.4, 0.5) is 0 Å². The molecule has 0 aliphatic heterocycles. The zero-order valence-electron chi connectivity index (χ0n) is 24.3. The highest BCUT2D eigenvalue weighted by molar-refractivity contribution is 6.74. The van der Waals surface area contributed by atoms with Gasteiger partial charge in [0, 0.05) is 0 Å². The minimum absolute atomic E-state index is 0.0222. The Morgan fingerprint density at radius 2 is 1.79 bits per heavy atom. The van der Waals surface area contributed by atoms with E-state index in [0.717, 1.165) is 43.2 Å². The van der Waals surface area contributed by atoms with Gasteiger partial charge >= 0.3 is 5.97 Å². The predicted octanol–water partition coefficient (Wildman–Crippen LogP) is 7.75. The van der Waals surface area contributed by atoms with Gasteiger partial charge in [-0.3, -0.25) is 4.79 Å². The van der Waals surface area contributed by atoms with Crippen LogP contribution in [0, 0.1) is 5.92 Å².